The van der Waals surface area contributed by atoms with Gasteiger partial charge in [-0.1, -0.05) is 78.9 Å². The van der Waals surface area contributed by atoms with Crippen molar-refractivity contribution in [1.29, 1.82) is 5.26 Å². The van der Waals surface area contributed by atoms with Crippen LogP contribution in [0.2, 0.25) is 0 Å². The third-order valence-corrected chi connectivity index (χ3v) is 6.28. The summed E-state index contributed by atoms with van der Waals surface area (Å²) in [6.07, 6.45) is 0.531. The van der Waals surface area contributed by atoms with Crippen LogP contribution in [0.4, 0.5) is 0 Å². The first-order chi connectivity index (χ1) is 13.7. The van der Waals surface area contributed by atoms with E-state index < -0.39 is 5.41 Å². The molecule has 0 fully saturated rings. The average Bonchev–Trinajstić information content (AvgIpc) is 2.78. The molecule has 0 aliphatic heterocycles. The number of fused-ring (bicyclic) bond motifs is 1. The van der Waals surface area contributed by atoms with Crippen molar-refractivity contribution in [1.82, 2.24) is 5.32 Å². The molecular weight excluding hydrogens is 344 g/mol. The fraction of sp³-hybridized carbons (Fsp3) is 0.200. The van der Waals surface area contributed by atoms with Gasteiger partial charge >= 0.3 is 0 Å². The first-order valence-electron chi connectivity index (χ1n) is 9.66. The van der Waals surface area contributed by atoms with Crippen molar-refractivity contribution in [2.75, 3.05) is 0 Å². The largest absolute Gasteiger partial charge is 0.351 e. The topological polar surface area (TPSA) is 52.9 Å². The summed E-state index contributed by atoms with van der Waals surface area (Å²) in [7, 11) is 0. The molecule has 3 aliphatic carbocycles. The molecule has 3 aliphatic rings. The van der Waals surface area contributed by atoms with Crippen LogP contribution in [-0.2, 0) is 11.3 Å². The van der Waals surface area contributed by atoms with Crippen LogP contribution in [0.5, 0.6) is 0 Å². The van der Waals surface area contributed by atoms with Gasteiger partial charge in [-0.3, -0.25) is 4.79 Å². The Balaban J connectivity index is 1.58. The van der Waals surface area contributed by atoms with Crippen molar-refractivity contribution in [2.45, 2.75) is 24.8 Å². The van der Waals surface area contributed by atoms with Crippen LogP contribution in [0.1, 0.15) is 46.1 Å². The van der Waals surface area contributed by atoms with Crippen LogP contribution >= 0.6 is 0 Å². The number of carbonyl (C=O) groups is 1. The summed E-state index contributed by atoms with van der Waals surface area (Å²) in [5.74, 6) is -0.317. The number of benzene rings is 3. The van der Waals surface area contributed by atoms with Crippen molar-refractivity contribution in [2.24, 2.45) is 5.41 Å². The minimum Gasteiger partial charge on any atom is -0.351 e. The first-order valence-corrected chi connectivity index (χ1v) is 9.66. The average molecular weight is 364 g/mol. The van der Waals surface area contributed by atoms with Crippen molar-refractivity contribution >= 4 is 5.91 Å². The number of hydrogen-bond donors (Lipinski definition) is 1. The van der Waals surface area contributed by atoms with Crippen molar-refractivity contribution < 1.29 is 4.79 Å². The molecule has 1 unspecified atom stereocenters. The zero-order valence-corrected chi connectivity index (χ0v) is 15.4. The Kier molecular flexibility index (Phi) is 3.80. The molecule has 136 valence electrons. The lowest BCUT2D eigenvalue weighted by atomic mass is 9.52. The summed E-state index contributed by atoms with van der Waals surface area (Å²) in [5, 5.41) is 13.3. The quantitative estimate of drug-likeness (QED) is 0.744. The van der Waals surface area contributed by atoms with E-state index in [1.807, 2.05) is 54.6 Å². The van der Waals surface area contributed by atoms with Gasteiger partial charge in [-0.05, 0) is 34.2 Å². The summed E-state index contributed by atoms with van der Waals surface area (Å²) in [4.78, 5) is 13.4. The molecule has 28 heavy (non-hydrogen) atoms. The lowest BCUT2D eigenvalue weighted by Gasteiger charge is -2.48. The Morgan fingerprint density at radius 2 is 1.43 bits per heavy atom. The van der Waals surface area contributed by atoms with E-state index in [0.717, 1.165) is 16.7 Å². The van der Waals surface area contributed by atoms with E-state index in [2.05, 4.69) is 35.7 Å². The van der Waals surface area contributed by atoms with Crippen molar-refractivity contribution in [3.05, 3.63) is 107 Å². The lowest BCUT2D eigenvalue weighted by Crippen LogP contribution is -2.50. The molecule has 2 bridgehead atoms. The van der Waals surface area contributed by atoms with Gasteiger partial charge in [-0.2, -0.15) is 5.26 Å². The SMILES string of the molecule is N#CC1(C(=O)NCc2ccccc2)CC2c3ccccc3C1c1ccccc12. The van der Waals surface area contributed by atoms with E-state index in [0.29, 0.717) is 13.0 Å². The third-order valence-electron chi connectivity index (χ3n) is 6.28. The molecule has 1 N–H and O–H groups in total. The first kappa shape index (κ1) is 16.8. The third kappa shape index (κ3) is 2.31. The van der Waals surface area contributed by atoms with Gasteiger partial charge in [-0.25, -0.2) is 0 Å². The number of nitriles is 1. The standard InChI is InChI=1S/C25H20N2O/c26-16-25(24(28)27-15-17-8-2-1-3-9-17)14-22-18-10-4-6-12-20(18)23(25)21-13-7-5-11-19(21)22/h1-13,22-23H,14-15H2,(H,27,28). The normalized spacial score (nSPS) is 24.0. The maximum absolute atomic E-state index is 13.4. The van der Waals surface area contributed by atoms with Crippen molar-refractivity contribution in [3.63, 3.8) is 0 Å². The summed E-state index contributed by atoms with van der Waals surface area (Å²) in [5.41, 5.74) is 4.71. The van der Waals surface area contributed by atoms with Gasteiger partial charge in [-0.15, -0.1) is 0 Å². The summed E-state index contributed by atoms with van der Waals surface area (Å²) in [6, 6.07) is 28.8. The highest BCUT2D eigenvalue weighted by atomic mass is 16.2. The van der Waals surface area contributed by atoms with Gasteiger partial charge in [0.15, 0.2) is 0 Å². The monoisotopic (exact) mass is 364 g/mol. The highest BCUT2D eigenvalue weighted by Crippen LogP contribution is 2.60. The van der Waals surface area contributed by atoms with E-state index in [1.165, 1.54) is 11.1 Å². The van der Waals surface area contributed by atoms with E-state index in [1.54, 1.807) is 0 Å². The maximum atomic E-state index is 13.4. The van der Waals surface area contributed by atoms with Gasteiger partial charge in [0.05, 0.1) is 6.07 Å². The van der Waals surface area contributed by atoms with Gasteiger partial charge in [0.2, 0.25) is 5.91 Å². The van der Waals surface area contributed by atoms with Crippen LogP contribution in [0.25, 0.3) is 0 Å². The number of nitrogens with zero attached hydrogens (tertiary/aromatic N) is 1. The predicted octanol–water partition coefficient (Wildman–Crippen LogP) is 4.49. The van der Waals surface area contributed by atoms with Crippen molar-refractivity contribution in [3.8, 4) is 6.07 Å². The van der Waals surface area contributed by atoms with E-state index in [9.17, 15) is 10.1 Å². The zero-order valence-electron chi connectivity index (χ0n) is 15.4. The predicted molar refractivity (Wildman–Crippen MR) is 108 cm³/mol. The van der Waals surface area contributed by atoms with E-state index in [4.69, 9.17) is 0 Å². The summed E-state index contributed by atoms with van der Waals surface area (Å²) < 4.78 is 0. The van der Waals surface area contributed by atoms with Gasteiger partial charge in [0.25, 0.3) is 0 Å². The maximum Gasteiger partial charge on any atom is 0.241 e. The Bertz CT molecular complexity index is 1050. The second kappa shape index (κ2) is 6.35. The molecule has 0 saturated carbocycles. The van der Waals surface area contributed by atoms with Gasteiger partial charge < -0.3 is 5.32 Å². The van der Waals surface area contributed by atoms with Crippen LogP contribution in [0, 0.1) is 16.7 Å². The highest BCUT2D eigenvalue weighted by Gasteiger charge is 2.57. The highest BCUT2D eigenvalue weighted by molar-refractivity contribution is 5.89. The molecule has 0 saturated heterocycles. The smallest absolute Gasteiger partial charge is 0.241 e. The number of carbonyl (C=O) groups excluding carboxylic acids is 1. The Labute approximate surface area is 164 Å². The molecule has 1 atom stereocenters. The second-order valence-corrected chi connectivity index (χ2v) is 7.70. The molecule has 3 aromatic rings. The fourth-order valence-corrected chi connectivity index (χ4v) is 5.03. The van der Waals surface area contributed by atoms with E-state index >= 15 is 0 Å². The summed E-state index contributed by atoms with van der Waals surface area (Å²) >= 11 is 0. The fourth-order valence-electron chi connectivity index (χ4n) is 5.03. The minimum absolute atomic E-state index is 0.0829. The Hall–Kier alpha value is -3.38. The summed E-state index contributed by atoms with van der Waals surface area (Å²) in [6.45, 7) is 0.434. The number of rotatable bonds is 3. The molecule has 0 heterocycles. The molecule has 0 aromatic heterocycles. The number of hydrogen-bond acceptors (Lipinski definition) is 2. The molecule has 3 nitrogen and oxygen atoms in total. The molecule has 1 amide bonds. The minimum atomic E-state index is -1.08. The molecule has 6 rings (SSSR count). The van der Waals surface area contributed by atoms with Gasteiger partial charge in [0.1, 0.15) is 5.41 Å². The molecule has 0 radical (unpaired) electrons. The Morgan fingerprint density at radius 1 is 0.893 bits per heavy atom. The van der Waals surface area contributed by atoms with Crippen LogP contribution in [-0.4, -0.2) is 5.91 Å². The lowest BCUT2D eigenvalue weighted by molar-refractivity contribution is -0.130. The Morgan fingerprint density at radius 3 is 2.00 bits per heavy atom. The van der Waals surface area contributed by atoms with E-state index in [-0.39, 0.29) is 17.7 Å². The number of amides is 1. The second-order valence-electron chi connectivity index (χ2n) is 7.70. The van der Waals surface area contributed by atoms with Crippen LogP contribution < -0.4 is 5.32 Å². The van der Waals surface area contributed by atoms with Gasteiger partial charge in [0, 0.05) is 18.4 Å². The number of nitrogens with one attached hydrogen (secondary N) is 1. The molecule has 0 spiro atoms. The molecule has 3 aromatic carbocycles. The molecular formula is C25H20N2O. The zero-order chi connectivity index (χ0) is 19.1. The van der Waals surface area contributed by atoms with Crippen LogP contribution in [0.3, 0.4) is 0 Å². The van der Waals surface area contributed by atoms with Crippen LogP contribution in [0.15, 0.2) is 78.9 Å². The molecule has 3 heteroatoms.